The van der Waals surface area contributed by atoms with Crippen LogP contribution in [0.1, 0.15) is 130 Å². The highest BCUT2D eigenvalue weighted by atomic mass is 16.5. The van der Waals surface area contributed by atoms with Crippen molar-refractivity contribution in [3.8, 4) is 0 Å². The summed E-state index contributed by atoms with van der Waals surface area (Å²) in [5.74, 6) is 2.53. The van der Waals surface area contributed by atoms with Gasteiger partial charge in [-0.1, -0.05) is 45.3 Å². The van der Waals surface area contributed by atoms with Crippen LogP contribution in [0, 0.1) is 34.0 Å². The van der Waals surface area contributed by atoms with Gasteiger partial charge in [-0.25, -0.2) is 0 Å². The summed E-state index contributed by atoms with van der Waals surface area (Å²) in [6.07, 6.45) is 17.8. The molecule has 0 amide bonds. The molecule has 0 unspecified atom stereocenters. The lowest BCUT2D eigenvalue weighted by atomic mass is 9.45. The van der Waals surface area contributed by atoms with Crippen LogP contribution >= 0.6 is 0 Å². The molecule has 0 aromatic heterocycles. The van der Waals surface area contributed by atoms with Crippen LogP contribution in [-0.2, 0) is 14.3 Å². The molecular formula is C31H48O3. The molecule has 0 saturated heterocycles. The first-order valence-electron chi connectivity index (χ1n) is 14.6. The van der Waals surface area contributed by atoms with Gasteiger partial charge in [0.2, 0.25) is 0 Å². The van der Waals surface area contributed by atoms with Crippen molar-refractivity contribution < 1.29 is 14.3 Å². The zero-order chi connectivity index (χ0) is 24.1. The number of Topliss-reactive ketones (excluding diaryl/α,β-unsaturated/α-hetero) is 1. The minimum Gasteiger partial charge on any atom is -0.462 e. The Labute approximate surface area is 207 Å². The molecule has 0 heterocycles. The Morgan fingerprint density at radius 2 is 1.74 bits per heavy atom. The van der Waals surface area contributed by atoms with E-state index >= 15 is 0 Å². The lowest BCUT2D eigenvalue weighted by Gasteiger charge is -2.59. The molecule has 3 heteroatoms. The molecule has 0 N–H and O–H groups in total. The van der Waals surface area contributed by atoms with E-state index in [1.807, 2.05) is 0 Å². The topological polar surface area (TPSA) is 43.4 Å². The molecule has 6 atom stereocenters. The van der Waals surface area contributed by atoms with E-state index < -0.39 is 0 Å². The fourth-order valence-electron chi connectivity index (χ4n) is 9.53. The van der Waals surface area contributed by atoms with Crippen LogP contribution in [0.2, 0.25) is 0 Å². The van der Waals surface area contributed by atoms with Crippen molar-refractivity contribution in [3.63, 3.8) is 0 Å². The highest BCUT2D eigenvalue weighted by Gasteiger charge is 2.59. The lowest BCUT2D eigenvalue weighted by molar-refractivity contribution is -0.151. The van der Waals surface area contributed by atoms with Crippen molar-refractivity contribution in [2.24, 2.45) is 34.0 Å². The van der Waals surface area contributed by atoms with Gasteiger partial charge < -0.3 is 4.74 Å². The van der Waals surface area contributed by atoms with E-state index in [-0.39, 0.29) is 22.9 Å². The third kappa shape index (κ3) is 4.01. The number of rotatable bonds is 5. The van der Waals surface area contributed by atoms with E-state index in [1.54, 1.807) is 11.1 Å². The predicted molar refractivity (Wildman–Crippen MR) is 136 cm³/mol. The third-order valence-electron chi connectivity index (χ3n) is 11.9. The standard InChI is InChI=1S/C31H48O3/c1-21(10-13-28(33)34-23-8-6-5-7-9-23)25-11-12-26-24-15-17-29(2)20-22(32)14-19-31(29,4)27(24)16-18-30(25,26)3/h21,23,25-26H,5-20H2,1-4H3/t21-,25-,26+,29+,30-,31-/m1/s1. The van der Waals surface area contributed by atoms with Gasteiger partial charge in [0.25, 0.3) is 0 Å². The van der Waals surface area contributed by atoms with Gasteiger partial charge in [-0.3, -0.25) is 9.59 Å². The average molecular weight is 469 g/mol. The largest absolute Gasteiger partial charge is 0.462 e. The number of esters is 1. The maximum absolute atomic E-state index is 12.5. The average Bonchev–Trinajstić information content (AvgIpc) is 3.16. The van der Waals surface area contributed by atoms with Crippen molar-refractivity contribution in [2.45, 2.75) is 137 Å². The molecule has 3 fully saturated rings. The summed E-state index contributed by atoms with van der Waals surface area (Å²) >= 11 is 0. The van der Waals surface area contributed by atoms with Crippen LogP contribution in [0.25, 0.3) is 0 Å². The Morgan fingerprint density at radius 1 is 0.971 bits per heavy atom. The van der Waals surface area contributed by atoms with E-state index in [0.717, 1.165) is 44.4 Å². The van der Waals surface area contributed by atoms with Gasteiger partial charge in [0.05, 0.1) is 0 Å². The molecule has 5 aliphatic rings. The first-order chi connectivity index (χ1) is 16.2. The normalized spacial score (nSPS) is 41.5. The second-order valence-electron chi connectivity index (χ2n) is 13.6. The van der Waals surface area contributed by atoms with Crippen LogP contribution in [0.4, 0.5) is 0 Å². The Morgan fingerprint density at radius 3 is 2.50 bits per heavy atom. The minimum absolute atomic E-state index is 0.0402. The molecular weight excluding hydrogens is 420 g/mol. The molecule has 0 bridgehead atoms. The monoisotopic (exact) mass is 468 g/mol. The lowest BCUT2D eigenvalue weighted by Crippen LogP contribution is -2.50. The predicted octanol–water partition coefficient (Wildman–Crippen LogP) is 7.96. The number of ether oxygens (including phenoxy) is 1. The zero-order valence-electron chi connectivity index (χ0n) is 22.3. The molecule has 3 nitrogen and oxygen atoms in total. The van der Waals surface area contributed by atoms with Crippen LogP contribution in [0.5, 0.6) is 0 Å². The third-order valence-corrected chi connectivity index (χ3v) is 11.9. The Hall–Kier alpha value is -1.12. The van der Waals surface area contributed by atoms with Gasteiger partial charge in [0, 0.05) is 19.3 Å². The van der Waals surface area contributed by atoms with Crippen molar-refractivity contribution in [2.75, 3.05) is 0 Å². The Kier molecular flexibility index (Phi) is 6.56. The summed E-state index contributed by atoms with van der Waals surface area (Å²) in [6, 6.07) is 0. The van der Waals surface area contributed by atoms with Crippen molar-refractivity contribution in [1.82, 2.24) is 0 Å². The van der Waals surface area contributed by atoms with Gasteiger partial charge in [-0.15, -0.1) is 0 Å². The first-order valence-corrected chi connectivity index (χ1v) is 14.6. The number of ketones is 1. The molecule has 5 aliphatic carbocycles. The van der Waals surface area contributed by atoms with Gasteiger partial charge in [-0.05, 0) is 111 Å². The molecule has 0 aromatic rings. The summed E-state index contributed by atoms with van der Waals surface area (Å²) in [6.45, 7) is 9.90. The summed E-state index contributed by atoms with van der Waals surface area (Å²) in [5.41, 5.74) is 4.33. The molecule has 0 aliphatic heterocycles. The minimum atomic E-state index is 0.0402. The molecule has 34 heavy (non-hydrogen) atoms. The fraction of sp³-hybridized carbons (Fsp3) is 0.871. The molecule has 190 valence electrons. The Balaban J connectivity index is 1.26. The highest BCUT2D eigenvalue weighted by molar-refractivity contribution is 5.80. The quantitative estimate of drug-likeness (QED) is 0.303. The summed E-state index contributed by atoms with van der Waals surface area (Å²) in [5, 5.41) is 0. The second-order valence-corrected chi connectivity index (χ2v) is 13.6. The van der Waals surface area contributed by atoms with Gasteiger partial charge in [-0.2, -0.15) is 0 Å². The second kappa shape index (κ2) is 9.07. The van der Waals surface area contributed by atoms with E-state index in [1.165, 1.54) is 57.8 Å². The van der Waals surface area contributed by atoms with Gasteiger partial charge >= 0.3 is 5.97 Å². The van der Waals surface area contributed by atoms with E-state index in [0.29, 0.717) is 29.5 Å². The summed E-state index contributed by atoms with van der Waals surface area (Å²) in [7, 11) is 0. The maximum Gasteiger partial charge on any atom is 0.306 e. The maximum atomic E-state index is 12.5. The van der Waals surface area contributed by atoms with Crippen LogP contribution in [0.15, 0.2) is 11.1 Å². The highest BCUT2D eigenvalue weighted by Crippen LogP contribution is 2.68. The zero-order valence-corrected chi connectivity index (χ0v) is 22.3. The smallest absolute Gasteiger partial charge is 0.306 e. The Bertz CT molecular complexity index is 851. The number of hydrogen-bond acceptors (Lipinski definition) is 3. The number of allylic oxidation sites excluding steroid dienone is 2. The van der Waals surface area contributed by atoms with Gasteiger partial charge in [0.15, 0.2) is 0 Å². The fourth-order valence-corrected chi connectivity index (χ4v) is 9.53. The molecule has 0 spiro atoms. The number of carbonyl (C=O) groups excluding carboxylic acids is 2. The summed E-state index contributed by atoms with van der Waals surface area (Å²) in [4.78, 5) is 24.9. The number of fused-ring (bicyclic) bond motifs is 4. The SMILES string of the molecule is C[C@H](CCC(=O)OC1CCCCC1)[C@H]1CC[C@H]2C3=C(CC[C@]12C)[C@@]1(C)CCC(=O)C[C@]1(C)CC3. The number of carbonyl (C=O) groups is 2. The number of hydrogen-bond donors (Lipinski definition) is 0. The van der Waals surface area contributed by atoms with E-state index in [2.05, 4.69) is 27.7 Å². The van der Waals surface area contributed by atoms with Crippen LogP contribution in [-0.4, -0.2) is 17.9 Å². The first kappa shape index (κ1) is 24.6. The van der Waals surface area contributed by atoms with Crippen molar-refractivity contribution >= 4 is 11.8 Å². The van der Waals surface area contributed by atoms with Crippen LogP contribution in [0.3, 0.4) is 0 Å². The van der Waals surface area contributed by atoms with Crippen molar-refractivity contribution in [3.05, 3.63) is 11.1 Å². The molecule has 0 radical (unpaired) electrons. The van der Waals surface area contributed by atoms with Crippen LogP contribution < -0.4 is 0 Å². The molecule has 5 rings (SSSR count). The summed E-state index contributed by atoms with van der Waals surface area (Å²) < 4.78 is 5.81. The molecule has 0 aromatic carbocycles. The van der Waals surface area contributed by atoms with E-state index in [9.17, 15) is 9.59 Å². The van der Waals surface area contributed by atoms with Gasteiger partial charge in [0.1, 0.15) is 11.9 Å². The van der Waals surface area contributed by atoms with Crippen molar-refractivity contribution in [1.29, 1.82) is 0 Å². The van der Waals surface area contributed by atoms with E-state index in [4.69, 9.17) is 4.74 Å². The molecule has 3 saturated carbocycles.